The molecule has 0 aliphatic heterocycles. The van der Waals surface area contributed by atoms with Crippen LogP contribution in [0.15, 0.2) is 30.5 Å². The molecule has 28 heavy (non-hydrogen) atoms. The molecule has 2 aromatic heterocycles. The normalized spacial score (nSPS) is 10.4. The average molecular weight is 399 g/mol. The highest BCUT2D eigenvalue weighted by atomic mass is 32.1. The van der Waals surface area contributed by atoms with Gasteiger partial charge in [0.25, 0.3) is 0 Å². The van der Waals surface area contributed by atoms with Gasteiger partial charge in [0.1, 0.15) is 5.52 Å². The maximum atomic E-state index is 5.42. The number of anilines is 1. The molecule has 0 unspecified atom stereocenters. The third-order valence-electron chi connectivity index (χ3n) is 3.95. The van der Waals surface area contributed by atoms with Crippen LogP contribution in [0.25, 0.3) is 22.4 Å². The molecule has 146 valence electrons. The van der Waals surface area contributed by atoms with E-state index in [0.29, 0.717) is 45.0 Å². The number of pyridine rings is 1. The van der Waals surface area contributed by atoms with Gasteiger partial charge in [-0.25, -0.2) is 15.0 Å². The standard InChI is InChI=1S/C19H21N5O3S/c1-5-20-19(28)24-16-10-21-13-7-6-12(22-18(13)23-16)11-8-14(25-2)17(27-4)15(9-11)26-3/h6-10H,5H2,1-4H3,(H2,20,22,23,24,28). The molecule has 2 heterocycles. The zero-order valence-corrected chi connectivity index (χ0v) is 16.9. The highest BCUT2D eigenvalue weighted by Gasteiger charge is 2.15. The van der Waals surface area contributed by atoms with Crippen molar-refractivity contribution in [2.24, 2.45) is 0 Å². The van der Waals surface area contributed by atoms with Crippen LogP contribution in [0.2, 0.25) is 0 Å². The van der Waals surface area contributed by atoms with Crippen molar-refractivity contribution >= 4 is 34.3 Å². The van der Waals surface area contributed by atoms with E-state index in [1.54, 1.807) is 27.5 Å². The number of ether oxygens (including phenoxy) is 3. The van der Waals surface area contributed by atoms with E-state index in [0.717, 1.165) is 12.1 Å². The molecule has 0 aliphatic carbocycles. The van der Waals surface area contributed by atoms with Crippen LogP contribution < -0.4 is 24.8 Å². The van der Waals surface area contributed by atoms with E-state index in [9.17, 15) is 0 Å². The van der Waals surface area contributed by atoms with Crippen LogP contribution in [0.3, 0.4) is 0 Å². The molecule has 8 nitrogen and oxygen atoms in total. The third kappa shape index (κ3) is 4.04. The Balaban J connectivity index is 2.02. The molecular formula is C19H21N5O3S. The molecule has 0 amide bonds. The van der Waals surface area contributed by atoms with Gasteiger partial charge in [-0.05, 0) is 43.4 Å². The van der Waals surface area contributed by atoms with E-state index in [-0.39, 0.29) is 0 Å². The molecule has 0 aliphatic rings. The number of rotatable bonds is 6. The van der Waals surface area contributed by atoms with E-state index < -0.39 is 0 Å². The Hall–Kier alpha value is -3.20. The van der Waals surface area contributed by atoms with Gasteiger partial charge in [-0.3, -0.25) is 0 Å². The summed E-state index contributed by atoms with van der Waals surface area (Å²) >= 11 is 5.19. The monoisotopic (exact) mass is 399 g/mol. The summed E-state index contributed by atoms with van der Waals surface area (Å²) < 4.78 is 16.2. The lowest BCUT2D eigenvalue weighted by Crippen LogP contribution is -2.28. The zero-order valence-electron chi connectivity index (χ0n) is 16.1. The summed E-state index contributed by atoms with van der Waals surface area (Å²) in [5.41, 5.74) is 2.68. The van der Waals surface area contributed by atoms with Crippen LogP contribution in [0.4, 0.5) is 5.82 Å². The summed E-state index contributed by atoms with van der Waals surface area (Å²) in [6, 6.07) is 7.41. The summed E-state index contributed by atoms with van der Waals surface area (Å²) in [5.74, 6) is 2.15. The van der Waals surface area contributed by atoms with Crippen LogP contribution in [-0.4, -0.2) is 47.9 Å². The number of benzene rings is 1. The van der Waals surface area contributed by atoms with Crippen LogP contribution in [0.5, 0.6) is 17.2 Å². The van der Waals surface area contributed by atoms with Crippen molar-refractivity contribution in [1.29, 1.82) is 0 Å². The van der Waals surface area contributed by atoms with Gasteiger partial charge in [0.2, 0.25) is 5.75 Å². The predicted molar refractivity (Wildman–Crippen MR) is 112 cm³/mol. The molecule has 3 aromatic rings. The summed E-state index contributed by atoms with van der Waals surface area (Å²) in [6.45, 7) is 2.68. The van der Waals surface area contributed by atoms with Crippen molar-refractivity contribution in [3.63, 3.8) is 0 Å². The number of fused-ring (bicyclic) bond motifs is 1. The smallest absolute Gasteiger partial charge is 0.203 e. The second-order valence-corrected chi connectivity index (χ2v) is 6.10. The number of nitrogens with zero attached hydrogens (tertiary/aromatic N) is 3. The molecule has 0 atom stereocenters. The lowest BCUT2D eigenvalue weighted by molar-refractivity contribution is 0.324. The van der Waals surface area contributed by atoms with Crippen molar-refractivity contribution < 1.29 is 14.2 Å². The Bertz CT molecular complexity index is 987. The first-order valence-electron chi connectivity index (χ1n) is 8.58. The summed E-state index contributed by atoms with van der Waals surface area (Å²) in [5, 5.41) is 6.49. The minimum absolute atomic E-state index is 0.483. The maximum Gasteiger partial charge on any atom is 0.203 e. The van der Waals surface area contributed by atoms with Crippen LogP contribution in [0, 0.1) is 0 Å². The largest absolute Gasteiger partial charge is 0.493 e. The minimum Gasteiger partial charge on any atom is -0.493 e. The molecule has 0 radical (unpaired) electrons. The highest BCUT2D eigenvalue weighted by molar-refractivity contribution is 7.80. The summed E-state index contributed by atoms with van der Waals surface area (Å²) in [7, 11) is 4.72. The van der Waals surface area contributed by atoms with Gasteiger partial charge in [-0.1, -0.05) is 0 Å². The van der Waals surface area contributed by atoms with Gasteiger partial charge in [0.05, 0.1) is 33.2 Å². The van der Waals surface area contributed by atoms with Crippen LogP contribution in [0.1, 0.15) is 6.92 Å². The second kappa shape index (κ2) is 8.66. The van der Waals surface area contributed by atoms with E-state index in [2.05, 4.69) is 25.6 Å². The molecule has 0 bridgehead atoms. The third-order valence-corrected chi connectivity index (χ3v) is 4.19. The first kappa shape index (κ1) is 19.6. The van der Waals surface area contributed by atoms with Gasteiger partial charge in [0.15, 0.2) is 28.1 Å². The molecule has 2 N–H and O–H groups in total. The molecule has 0 saturated carbocycles. The minimum atomic E-state index is 0.483. The van der Waals surface area contributed by atoms with Crippen LogP contribution in [-0.2, 0) is 0 Å². The molecule has 0 fully saturated rings. The fraction of sp³-hybridized carbons (Fsp3) is 0.263. The number of hydrogen-bond donors (Lipinski definition) is 2. The van der Waals surface area contributed by atoms with Gasteiger partial charge in [0, 0.05) is 12.1 Å². The first-order chi connectivity index (χ1) is 13.6. The number of thiocarbonyl (C=S) groups is 1. The quantitative estimate of drug-likeness (QED) is 0.607. The predicted octanol–water partition coefficient (Wildman–Crippen LogP) is 3.02. The molecular weight excluding hydrogens is 378 g/mol. The zero-order chi connectivity index (χ0) is 20.1. The maximum absolute atomic E-state index is 5.42. The van der Waals surface area contributed by atoms with E-state index >= 15 is 0 Å². The van der Waals surface area contributed by atoms with Gasteiger partial charge in [-0.15, -0.1) is 0 Å². The summed E-state index contributed by atoms with van der Waals surface area (Å²) in [6.07, 6.45) is 1.62. The molecule has 0 spiro atoms. The fourth-order valence-corrected chi connectivity index (χ4v) is 2.92. The Kier molecular flexibility index (Phi) is 6.05. The topological polar surface area (TPSA) is 90.4 Å². The van der Waals surface area contributed by atoms with Crippen molar-refractivity contribution in [3.05, 3.63) is 30.5 Å². The molecule has 9 heteroatoms. The SMILES string of the molecule is CCNC(=S)Nc1cnc2ccc(-c3cc(OC)c(OC)c(OC)c3)nc2n1. The van der Waals surface area contributed by atoms with Gasteiger partial charge < -0.3 is 24.8 Å². The number of hydrogen-bond acceptors (Lipinski definition) is 7. The highest BCUT2D eigenvalue weighted by Crippen LogP contribution is 2.40. The number of nitrogens with one attached hydrogen (secondary N) is 2. The van der Waals surface area contributed by atoms with E-state index in [1.807, 2.05) is 31.2 Å². The number of methoxy groups -OCH3 is 3. The van der Waals surface area contributed by atoms with Crippen molar-refractivity contribution in [2.75, 3.05) is 33.2 Å². The Labute approximate surface area is 168 Å². The molecule has 1 aromatic carbocycles. The Morgan fingerprint density at radius 2 is 1.75 bits per heavy atom. The fourth-order valence-electron chi connectivity index (χ4n) is 2.67. The van der Waals surface area contributed by atoms with Gasteiger partial charge in [-0.2, -0.15) is 0 Å². The van der Waals surface area contributed by atoms with E-state index in [4.69, 9.17) is 26.4 Å². The van der Waals surface area contributed by atoms with E-state index in [1.165, 1.54) is 0 Å². The molecule has 3 rings (SSSR count). The average Bonchev–Trinajstić information content (AvgIpc) is 2.72. The van der Waals surface area contributed by atoms with Crippen molar-refractivity contribution in [2.45, 2.75) is 6.92 Å². The van der Waals surface area contributed by atoms with Crippen molar-refractivity contribution in [1.82, 2.24) is 20.3 Å². The van der Waals surface area contributed by atoms with Crippen LogP contribution >= 0.6 is 12.2 Å². The van der Waals surface area contributed by atoms with Gasteiger partial charge >= 0.3 is 0 Å². The number of aromatic nitrogens is 3. The van der Waals surface area contributed by atoms with Crippen molar-refractivity contribution in [3.8, 4) is 28.5 Å². The second-order valence-electron chi connectivity index (χ2n) is 5.69. The molecule has 0 saturated heterocycles. The lowest BCUT2D eigenvalue weighted by Gasteiger charge is -2.14. The Morgan fingerprint density at radius 3 is 2.36 bits per heavy atom. The summed E-state index contributed by atoms with van der Waals surface area (Å²) in [4.78, 5) is 13.5. The first-order valence-corrected chi connectivity index (χ1v) is 8.99. The lowest BCUT2D eigenvalue weighted by atomic mass is 10.1. The Morgan fingerprint density at radius 1 is 1.04 bits per heavy atom.